The van der Waals surface area contributed by atoms with E-state index in [0.717, 1.165) is 71.7 Å². The van der Waals surface area contributed by atoms with Crippen LogP contribution in [0.1, 0.15) is 24.8 Å². The standard InChI is InChI=1S/C19H28N4O2/c24-19(22-8-1-2-9-22)23-10-5-17-14-21(11-12-25-18(17)15-23)13-16-3-6-20-7-4-16/h3-4,6-7,17-18H,1-2,5,8-15H2/t17-,18-/m1/s1. The zero-order chi connectivity index (χ0) is 17.1. The first-order chi connectivity index (χ1) is 12.3. The highest BCUT2D eigenvalue weighted by molar-refractivity contribution is 5.74. The van der Waals surface area contributed by atoms with E-state index in [0.29, 0.717) is 5.92 Å². The van der Waals surface area contributed by atoms with Crippen LogP contribution < -0.4 is 0 Å². The van der Waals surface area contributed by atoms with Crippen molar-refractivity contribution in [3.05, 3.63) is 30.1 Å². The molecule has 1 aromatic rings. The minimum Gasteiger partial charge on any atom is -0.375 e. The Morgan fingerprint density at radius 2 is 1.88 bits per heavy atom. The molecular weight excluding hydrogens is 316 g/mol. The number of piperidine rings is 1. The molecule has 136 valence electrons. The van der Waals surface area contributed by atoms with E-state index in [-0.39, 0.29) is 12.1 Å². The molecule has 3 aliphatic heterocycles. The van der Waals surface area contributed by atoms with Crippen LogP contribution in [0.25, 0.3) is 0 Å². The molecule has 0 saturated carbocycles. The lowest BCUT2D eigenvalue weighted by atomic mass is 9.93. The number of carbonyl (C=O) groups excluding carboxylic acids is 1. The minimum atomic E-state index is 0.183. The summed E-state index contributed by atoms with van der Waals surface area (Å²) in [6.45, 7) is 7.16. The van der Waals surface area contributed by atoms with Gasteiger partial charge in [0.05, 0.1) is 12.7 Å². The second-order valence-electron chi connectivity index (χ2n) is 7.47. The highest BCUT2D eigenvalue weighted by atomic mass is 16.5. The maximum absolute atomic E-state index is 12.6. The first-order valence-corrected chi connectivity index (χ1v) is 9.56. The van der Waals surface area contributed by atoms with E-state index in [1.54, 1.807) is 0 Å². The summed E-state index contributed by atoms with van der Waals surface area (Å²) >= 11 is 0. The number of urea groups is 1. The molecule has 3 fully saturated rings. The quantitative estimate of drug-likeness (QED) is 0.821. The van der Waals surface area contributed by atoms with Crippen LogP contribution in [0.3, 0.4) is 0 Å². The van der Waals surface area contributed by atoms with Crippen molar-refractivity contribution in [1.29, 1.82) is 0 Å². The predicted octanol–water partition coefficient (Wildman–Crippen LogP) is 1.82. The fourth-order valence-electron chi connectivity index (χ4n) is 4.29. The van der Waals surface area contributed by atoms with Crippen molar-refractivity contribution >= 4 is 6.03 Å². The molecule has 3 aliphatic rings. The van der Waals surface area contributed by atoms with Gasteiger partial charge in [-0.15, -0.1) is 0 Å². The van der Waals surface area contributed by atoms with Crippen LogP contribution in [0.2, 0.25) is 0 Å². The number of fused-ring (bicyclic) bond motifs is 1. The van der Waals surface area contributed by atoms with Crippen LogP contribution in [0.15, 0.2) is 24.5 Å². The van der Waals surface area contributed by atoms with Crippen LogP contribution in [0, 0.1) is 5.92 Å². The zero-order valence-electron chi connectivity index (χ0n) is 14.8. The number of likely N-dealkylation sites (tertiary alicyclic amines) is 2. The van der Waals surface area contributed by atoms with Crippen LogP contribution in [-0.4, -0.2) is 77.7 Å². The molecule has 0 radical (unpaired) electrons. The highest BCUT2D eigenvalue weighted by Crippen LogP contribution is 2.26. The largest absolute Gasteiger partial charge is 0.375 e. The van der Waals surface area contributed by atoms with Gasteiger partial charge < -0.3 is 14.5 Å². The van der Waals surface area contributed by atoms with Gasteiger partial charge in [0.1, 0.15) is 0 Å². The lowest BCUT2D eigenvalue weighted by molar-refractivity contribution is -0.0144. The number of aromatic nitrogens is 1. The average Bonchev–Trinajstić information content (AvgIpc) is 3.10. The van der Waals surface area contributed by atoms with Crippen molar-refractivity contribution in [2.75, 3.05) is 45.9 Å². The van der Waals surface area contributed by atoms with E-state index in [1.807, 2.05) is 22.2 Å². The molecule has 3 saturated heterocycles. The number of pyridine rings is 1. The maximum atomic E-state index is 12.6. The summed E-state index contributed by atoms with van der Waals surface area (Å²) in [5.74, 6) is 0.520. The molecule has 2 atom stereocenters. The Labute approximate surface area is 149 Å². The summed E-state index contributed by atoms with van der Waals surface area (Å²) in [5.41, 5.74) is 1.30. The molecule has 2 amide bonds. The lowest BCUT2D eigenvalue weighted by Gasteiger charge is -2.39. The molecule has 0 unspecified atom stereocenters. The molecule has 4 heterocycles. The molecule has 4 rings (SSSR count). The van der Waals surface area contributed by atoms with E-state index in [2.05, 4.69) is 22.0 Å². The number of ether oxygens (including phenoxy) is 1. The summed E-state index contributed by atoms with van der Waals surface area (Å²) in [4.78, 5) is 23.3. The average molecular weight is 344 g/mol. The topological polar surface area (TPSA) is 48.9 Å². The van der Waals surface area contributed by atoms with Crippen molar-refractivity contribution in [2.24, 2.45) is 5.92 Å². The summed E-state index contributed by atoms with van der Waals surface area (Å²) in [6, 6.07) is 4.39. The van der Waals surface area contributed by atoms with Gasteiger partial charge in [-0.3, -0.25) is 9.88 Å². The van der Waals surface area contributed by atoms with Crippen molar-refractivity contribution in [2.45, 2.75) is 31.9 Å². The third-order valence-electron chi connectivity index (χ3n) is 5.73. The summed E-state index contributed by atoms with van der Waals surface area (Å²) < 4.78 is 6.15. The zero-order valence-corrected chi connectivity index (χ0v) is 14.8. The van der Waals surface area contributed by atoms with Crippen molar-refractivity contribution < 1.29 is 9.53 Å². The van der Waals surface area contributed by atoms with Crippen molar-refractivity contribution in [3.8, 4) is 0 Å². The summed E-state index contributed by atoms with van der Waals surface area (Å²) in [6.07, 6.45) is 7.22. The second kappa shape index (κ2) is 7.70. The van der Waals surface area contributed by atoms with Crippen LogP contribution in [0.5, 0.6) is 0 Å². The van der Waals surface area contributed by atoms with Gasteiger partial charge in [0.25, 0.3) is 0 Å². The minimum absolute atomic E-state index is 0.183. The number of hydrogen-bond donors (Lipinski definition) is 0. The number of nitrogens with zero attached hydrogens (tertiary/aromatic N) is 4. The fourth-order valence-corrected chi connectivity index (χ4v) is 4.29. The van der Waals surface area contributed by atoms with Crippen LogP contribution in [0.4, 0.5) is 4.79 Å². The third kappa shape index (κ3) is 3.96. The number of amides is 2. The molecule has 0 spiro atoms. The molecule has 1 aromatic heterocycles. The Morgan fingerprint density at radius 3 is 2.68 bits per heavy atom. The maximum Gasteiger partial charge on any atom is 0.320 e. The number of carbonyl (C=O) groups is 1. The van der Waals surface area contributed by atoms with E-state index in [9.17, 15) is 4.79 Å². The molecule has 0 N–H and O–H groups in total. The molecule has 0 aliphatic carbocycles. The van der Waals surface area contributed by atoms with Crippen molar-refractivity contribution in [3.63, 3.8) is 0 Å². The Balaban J connectivity index is 1.34. The van der Waals surface area contributed by atoms with Gasteiger partial charge in [-0.25, -0.2) is 4.79 Å². The SMILES string of the molecule is O=C(N1CCCC1)N1CC[C@@H]2CN(Cc3ccncc3)CCO[C@@H]2C1. The van der Waals surface area contributed by atoms with Crippen LogP contribution in [-0.2, 0) is 11.3 Å². The smallest absolute Gasteiger partial charge is 0.320 e. The molecule has 0 bridgehead atoms. The predicted molar refractivity (Wildman–Crippen MR) is 95.1 cm³/mol. The molecule has 6 nitrogen and oxygen atoms in total. The molecular formula is C19H28N4O2. The summed E-state index contributed by atoms with van der Waals surface area (Å²) in [5, 5.41) is 0. The Morgan fingerprint density at radius 1 is 1.08 bits per heavy atom. The van der Waals surface area contributed by atoms with E-state index >= 15 is 0 Å². The first kappa shape index (κ1) is 16.8. The lowest BCUT2D eigenvalue weighted by Crippen LogP contribution is -2.52. The Kier molecular flexibility index (Phi) is 5.17. The Bertz CT molecular complexity index is 576. The Hall–Kier alpha value is -1.66. The van der Waals surface area contributed by atoms with E-state index in [4.69, 9.17) is 4.74 Å². The first-order valence-electron chi connectivity index (χ1n) is 9.56. The second-order valence-corrected chi connectivity index (χ2v) is 7.47. The van der Waals surface area contributed by atoms with Gasteiger partial charge in [0, 0.05) is 64.1 Å². The summed E-state index contributed by atoms with van der Waals surface area (Å²) in [7, 11) is 0. The van der Waals surface area contributed by atoms with Gasteiger partial charge in [-0.1, -0.05) is 0 Å². The number of hydrogen-bond acceptors (Lipinski definition) is 4. The normalized spacial score (nSPS) is 27.8. The van der Waals surface area contributed by atoms with Crippen LogP contribution >= 0.6 is 0 Å². The van der Waals surface area contributed by atoms with Gasteiger partial charge in [0.15, 0.2) is 0 Å². The monoisotopic (exact) mass is 344 g/mol. The van der Waals surface area contributed by atoms with Gasteiger partial charge in [-0.2, -0.15) is 0 Å². The van der Waals surface area contributed by atoms with Crippen molar-refractivity contribution in [1.82, 2.24) is 19.7 Å². The third-order valence-corrected chi connectivity index (χ3v) is 5.73. The van der Waals surface area contributed by atoms with E-state index in [1.165, 1.54) is 5.56 Å². The highest BCUT2D eigenvalue weighted by Gasteiger charge is 2.36. The molecule has 25 heavy (non-hydrogen) atoms. The van der Waals surface area contributed by atoms with Gasteiger partial charge >= 0.3 is 6.03 Å². The van der Waals surface area contributed by atoms with Gasteiger partial charge in [0.2, 0.25) is 0 Å². The van der Waals surface area contributed by atoms with Gasteiger partial charge in [-0.05, 0) is 37.0 Å². The fraction of sp³-hybridized carbons (Fsp3) is 0.684. The molecule has 6 heteroatoms. The van der Waals surface area contributed by atoms with E-state index < -0.39 is 0 Å². The molecule has 0 aromatic carbocycles. The number of rotatable bonds is 2.